The topological polar surface area (TPSA) is 95.9 Å². The monoisotopic (exact) mass is 475 g/mol. The van der Waals surface area contributed by atoms with E-state index in [0.717, 1.165) is 46.3 Å². The molecule has 184 valence electrons. The highest BCUT2D eigenvalue weighted by atomic mass is 16.5. The van der Waals surface area contributed by atoms with Gasteiger partial charge in [-0.25, -0.2) is 10.3 Å². The van der Waals surface area contributed by atoms with Crippen molar-refractivity contribution >= 4 is 18.0 Å². The predicted octanol–water partition coefficient (Wildman–Crippen LogP) is 5.58. The van der Waals surface area contributed by atoms with Crippen molar-refractivity contribution < 1.29 is 24.6 Å². The molecule has 4 fully saturated rings. The number of hydrogen-bond acceptors (Lipinski definition) is 4. The molecule has 35 heavy (non-hydrogen) atoms. The van der Waals surface area contributed by atoms with Gasteiger partial charge in [0.1, 0.15) is 5.75 Å². The summed E-state index contributed by atoms with van der Waals surface area (Å²) >= 11 is 0. The summed E-state index contributed by atoms with van der Waals surface area (Å²) in [4.78, 5) is 22.2. The minimum Gasteiger partial charge on any atom is -0.493 e. The lowest BCUT2D eigenvalue weighted by Gasteiger charge is -2.57. The molecule has 4 aliphatic rings. The number of ether oxygens (including phenoxy) is 1. The fourth-order valence-corrected chi connectivity index (χ4v) is 7.12. The van der Waals surface area contributed by atoms with E-state index in [1.807, 2.05) is 24.3 Å². The number of carboxylic acid groups (broad SMARTS) is 1. The van der Waals surface area contributed by atoms with Crippen LogP contribution in [-0.2, 0) is 15.0 Å². The predicted molar refractivity (Wildman–Crippen MR) is 133 cm³/mol. The van der Waals surface area contributed by atoms with Gasteiger partial charge in [-0.15, -0.1) is 0 Å². The van der Waals surface area contributed by atoms with E-state index in [-0.39, 0.29) is 11.8 Å². The molecule has 6 rings (SSSR count). The van der Waals surface area contributed by atoms with E-state index in [0.29, 0.717) is 13.0 Å². The highest BCUT2D eigenvalue weighted by Gasteiger charge is 2.52. The molecule has 3 N–H and O–H groups in total. The molecule has 2 aromatic rings. The van der Waals surface area contributed by atoms with Crippen molar-refractivity contribution in [3.8, 4) is 16.9 Å². The fourth-order valence-electron chi connectivity index (χ4n) is 7.12. The summed E-state index contributed by atoms with van der Waals surface area (Å²) in [7, 11) is 0. The Kier molecular flexibility index (Phi) is 6.65. The maximum Gasteiger partial charge on any atom is 0.328 e. The van der Waals surface area contributed by atoms with E-state index >= 15 is 0 Å². The summed E-state index contributed by atoms with van der Waals surface area (Å²) in [5.41, 5.74) is 6.22. The molecule has 0 atom stereocenters. The summed E-state index contributed by atoms with van der Waals surface area (Å²) in [6.45, 7) is 0.427. The average molecular weight is 476 g/mol. The van der Waals surface area contributed by atoms with E-state index in [9.17, 15) is 9.59 Å². The van der Waals surface area contributed by atoms with E-state index in [2.05, 4.69) is 18.2 Å². The number of carbonyl (C=O) groups excluding carboxylic acids is 1. The highest BCUT2D eigenvalue weighted by Crippen LogP contribution is 2.62. The van der Waals surface area contributed by atoms with Gasteiger partial charge in [-0.3, -0.25) is 10.0 Å². The number of hydroxylamine groups is 1. The largest absolute Gasteiger partial charge is 0.493 e. The lowest BCUT2D eigenvalue weighted by molar-refractivity contribution is -0.131. The molecular formula is C29H33NO5. The van der Waals surface area contributed by atoms with E-state index < -0.39 is 11.9 Å². The number of rotatable bonds is 9. The first-order chi connectivity index (χ1) is 16.9. The number of aliphatic carboxylic acids is 1. The number of hydrogen-bond donors (Lipinski definition) is 3. The van der Waals surface area contributed by atoms with Crippen LogP contribution in [0.15, 0.2) is 48.5 Å². The highest BCUT2D eigenvalue weighted by molar-refractivity contribution is 5.85. The smallest absolute Gasteiger partial charge is 0.328 e. The van der Waals surface area contributed by atoms with Gasteiger partial charge >= 0.3 is 5.97 Å². The number of nitrogens with one attached hydrogen (secondary N) is 1. The number of carbonyl (C=O) groups is 2. The molecular weight excluding hydrogens is 442 g/mol. The Morgan fingerprint density at radius 2 is 1.60 bits per heavy atom. The van der Waals surface area contributed by atoms with Crippen molar-refractivity contribution in [2.24, 2.45) is 17.8 Å². The van der Waals surface area contributed by atoms with Crippen LogP contribution in [0.2, 0.25) is 0 Å². The lowest BCUT2D eigenvalue weighted by Crippen LogP contribution is -2.48. The molecule has 0 aromatic heterocycles. The number of benzene rings is 2. The molecule has 6 nitrogen and oxygen atoms in total. The minimum absolute atomic E-state index is 0.159. The van der Waals surface area contributed by atoms with Crippen LogP contribution in [0.5, 0.6) is 5.75 Å². The SMILES string of the molecule is O=C(O)C=Cc1ccc(-c2ccc(OCCCC(=O)NO)c(C34CC5CC(CC(C5)C3)C4)c2)cc1. The lowest BCUT2D eigenvalue weighted by atomic mass is 9.48. The van der Waals surface area contributed by atoms with Crippen molar-refractivity contribution in [2.45, 2.75) is 56.8 Å². The van der Waals surface area contributed by atoms with Gasteiger partial charge in [0.2, 0.25) is 5.91 Å². The third-order valence-corrected chi connectivity index (χ3v) is 8.18. The Morgan fingerprint density at radius 3 is 2.20 bits per heavy atom. The maximum absolute atomic E-state index is 11.4. The molecule has 4 saturated carbocycles. The summed E-state index contributed by atoms with van der Waals surface area (Å²) in [5, 5.41) is 17.6. The second kappa shape index (κ2) is 9.86. The molecule has 0 saturated heterocycles. The zero-order valence-electron chi connectivity index (χ0n) is 19.9. The Morgan fingerprint density at radius 1 is 0.971 bits per heavy atom. The molecule has 4 aliphatic carbocycles. The van der Waals surface area contributed by atoms with E-state index in [1.54, 1.807) is 11.6 Å². The normalized spacial score (nSPS) is 26.7. The molecule has 0 spiro atoms. The van der Waals surface area contributed by atoms with Crippen LogP contribution in [0.25, 0.3) is 17.2 Å². The second-order valence-electron chi connectivity index (χ2n) is 10.7. The summed E-state index contributed by atoms with van der Waals surface area (Å²) < 4.78 is 6.26. The third-order valence-electron chi connectivity index (χ3n) is 8.18. The Bertz CT molecular complexity index is 1090. The van der Waals surface area contributed by atoms with Gasteiger partial charge in [0.15, 0.2) is 0 Å². The van der Waals surface area contributed by atoms with Gasteiger partial charge in [0, 0.05) is 18.1 Å². The van der Waals surface area contributed by atoms with Gasteiger partial charge in [-0.2, -0.15) is 0 Å². The average Bonchev–Trinajstić information content (AvgIpc) is 2.84. The summed E-state index contributed by atoms with van der Waals surface area (Å²) in [5.74, 6) is 2.00. The Hall–Kier alpha value is -3.12. The van der Waals surface area contributed by atoms with Crippen LogP contribution in [0, 0.1) is 17.8 Å². The molecule has 4 bridgehead atoms. The van der Waals surface area contributed by atoms with Crippen molar-refractivity contribution in [3.05, 3.63) is 59.7 Å². The first kappa shape index (κ1) is 23.6. The first-order valence-electron chi connectivity index (χ1n) is 12.7. The third kappa shape index (κ3) is 5.13. The zero-order valence-corrected chi connectivity index (χ0v) is 19.9. The summed E-state index contributed by atoms with van der Waals surface area (Å²) in [6, 6.07) is 14.4. The quantitative estimate of drug-likeness (QED) is 0.190. The van der Waals surface area contributed by atoms with Gasteiger partial charge in [0.25, 0.3) is 0 Å². The molecule has 0 unspecified atom stereocenters. The van der Waals surface area contributed by atoms with Gasteiger partial charge in [-0.1, -0.05) is 30.3 Å². The van der Waals surface area contributed by atoms with Crippen molar-refractivity contribution in [3.63, 3.8) is 0 Å². The van der Waals surface area contributed by atoms with Crippen LogP contribution in [-0.4, -0.2) is 28.8 Å². The standard InChI is InChI=1S/C29H33NO5/c31-27(30-34)2-1-11-35-26-9-8-24(23-6-3-19(4-7-23)5-10-28(32)33)15-25(26)29-16-20-12-21(17-29)14-22(13-20)18-29/h3-10,15,20-22,34H,1-2,11-14,16-18H2,(H,30,31)(H,32,33). The van der Waals surface area contributed by atoms with Gasteiger partial charge in [0.05, 0.1) is 6.61 Å². The van der Waals surface area contributed by atoms with Crippen LogP contribution in [0.3, 0.4) is 0 Å². The molecule has 0 radical (unpaired) electrons. The Labute approximate surface area is 206 Å². The molecule has 6 heteroatoms. The number of carboxylic acids is 1. The van der Waals surface area contributed by atoms with Crippen LogP contribution < -0.4 is 10.2 Å². The van der Waals surface area contributed by atoms with Crippen molar-refractivity contribution in [1.29, 1.82) is 0 Å². The van der Waals surface area contributed by atoms with E-state index in [4.69, 9.17) is 15.1 Å². The fraction of sp³-hybridized carbons (Fsp3) is 0.448. The zero-order chi connectivity index (χ0) is 24.4. The van der Waals surface area contributed by atoms with Crippen molar-refractivity contribution in [1.82, 2.24) is 5.48 Å². The van der Waals surface area contributed by atoms with Crippen LogP contribution >= 0.6 is 0 Å². The van der Waals surface area contributed by atoms with Gasteiger partial charge < -0.3 is 9.84 Å². The maximum atomic E-state index is 11.4. The van der Waals surface area contributed by atoms with Crippen molar-refractivity contribution in [2.75, 3.05) is 6.61 Å². The minimum atomic E-state index is -0.957. The molecule has 0 heterocycles. The molecule has 2 aromatic carbocycles. The Balaban J connectivity index is 1.43. The van der Waals surface area contributed by atoms with Crippen LogP contribution in [0.4, 0.5) is 0 Å². The number of amides is 1. The molecule has 0 aliphatic heterocycles. The second-order valence-corrected chi connectivity index (χ2v) is 10.7. The first-order valence-corrected chi connectivity index (χ1v) is 12.7. The van der Waals surface area contributed by atoms with E-state index in [1.165, 1.54) is 44.1 Å². The molecule has 1 amide bonds. The summed E-state index contributed by atoms with van der Waals surface area (Å²) in [6.07, 6.45) is 11.3. The van der Waals surface area contributed by atoms with Gasteiger partial charge in [-0.05, 0) is 103 Å². The van der Waals surface area contributed by atoms with Crippen LogP contribution in [0.1, 0.15) is 62.5 Å².